The molecule has 1 aliphatic rings. The number of amides is 1. The Morgan fingerprint density at radius 1 is 1.17 bits per heavy atom. The Balaban J connectivity index is 2.14. The van der Waals surface area contributed by atoms with Crippen LogP contribution >= 0.6 is 11.8 Å². The summed E-state index contributed by atoms with van der Waals surface area (Å²) in [5.74, 6) is -1.62. The number of carbonyl (C=O) groups excluding carboxylic acids is 2. The molecular formula is C24H22N2O8S. The highest BCUT2D eigenvalue weighted by atomic mass is 32.2. The number of hydrogen-bond donors (Lipinski definition) is 1. The topological polar surface area (TPSA) is 138 Å². The highest BCUT2D eigenvalue weighted by Gasteiger charge is 2.34. The van der Waals surface area contributed by atoms with Gasteiger partial charge >= 0.3 is 5.97 Å². The lowest BCUT2D eigenvalue weighted by Crippen LogP contribution is -2.14. The van der Waals surface area contributed by atoms with E-state index in [2.05, 4.69) is 4.99 Å². The van der Waals surface area contributed by atoms with Crippen LogP contribution in [0.15, 0.2) is 57.6 Å². The number of ether oxygens (including phenoxy) is 3. The summed E-state index contributed by atoms with van der Waals surface area (Å²) in [5, 5.41) is 22.4. The van der Waals surface area contributed by atoms with Crippen molar-refractivity contribution in [3.8, 4) is 11.5 Å². The van der Waals surface area contributed by atoms with Crippen molar-refractivity contribution in [2.24, 2.45) is 4.99 Å². The van der Waals surface area contributed by atoms with Crippen molar-refractivity contribution in [2.45, 2.75) is 13.8 Å². The van der Waals surface area contributed by atoms with Gasteiger partial charge in [0.1, 0.15) is 16.4 Å². The first-order chi connectivity index (χ1) is 16.7. The van der Waals surface area contributed by atoms with E-state index in [0.717, 1.165) is 11.8 Å². The van der Waals surface area contributed by atoms with E-state index < -0.39 is 22.6 Å². The summed E-state index contributed by atoms with van der Waals surface area (Å²) < 4.78 is 15.4. The van der Waals surface area contributed by atoms with Crippen LogP contribution < -0.4 is 9.47 Å². The summed E-state index contributed by atoms with van der Waals surface area (Å²) in [5.41, 5.74) is 0.482. The van der Waals surface area contributed by atoms with Gasteiger partial charge in [-0.05, 0) is 37.6 Å². The zero-order valence-electron chi connectivity index (χ0n) is 19.4. The van der Waals surface area contributed by atoms with Crippen molar-refractivity contribution in [3.63, 3.8) is 0 Å². The first-order valence-corrected chi connectivity index (χ1v) is 11.1. The SMILES string of the molecule is CCOC(=O)C1=C(O)/C(=C/c2cc(OC)c(OC)cc2[N+](=O)[O-])SC1=NC(=O)c1ccccc1C. The van der Waals surface area contributed by atoms with E-state index >= 15 is 0 Å². The molecule has 0 radical (unpaired) electrons. The van der Waals surface area contributed by atoms with E-state index in [9.17, 15) is 24.8 Å². The van der Waals surface area contributed by atoms with Crippen molar-refractivity contribution >= 4 is 40.4 Å². The lowest BCUT2D eigenvalue weighted by atomic mass is 10.1. The number of aryl methyl sites for hydroxylation is 1. The molecule has 0 fully saturated rings. The van der Waals surface area contributed by atoms with Gasteiger partial charge in [-0.15, -0.1) is 0 Å². The first kappa shape index (κ1) is 25.5. The van der Waals surface area contributed by atoms with Gasteiger partial charge in [-0.25, -0.2) is 9.79 Å². The summed E-state index contributed by atoms with van der Waals surface area (Å²) >= 11 is 0.819. The predicted octanol–water partition coefficient (Wildman–Crippen LogP) is 4.62. The Bertz CT molecular complexity index is 1300. The van der Waals surface area contributed by atoms with Crippen LogP contribution in [0, 0.1) is 17.0 Å². The van der Waals surface area contributed by atoms with E-state index in [1.54, 1.807) is 38.1 Å². The minimum absolute atomic E-state index is 0.0273. The molecule has 10 nitrogen and oxygen atoms in total. The van der Waals surface area contributed by atoms with Gasteiger partial charge in [0.15, 0.2) is 11.5 Å². The van der Waals surface area contributed by atoms with Crippen molar-refractivity contribution in [2.75, 3.05) is 20.8 Å². The van der Waals surface area contributed by atoms with Crippen LogP contribution in [0.4, 0.5) is 5.69 Å². The summed E-state index contributed by atoms with van der Waals surface area (Å²) in [7, 11) is 2.73. The molecule has 0 spiro atoms. The molecule has 35 heavy (non-hydrogen) atoms. The van der Waals surface area contributed by atoms with Crippen LogP contribution in [0.1, 0.15) is 28.4 Å². The highest BCUT2D eigenvalue weighted by molar-refractivity contribution is 8.18. The second-order valence-electron chi connectivity index (χ2n) is 7.11. The van der Waals surface area contributed by atoms with E-state index in [1.165, 1.54) is 32.4 Å². The number of aliphatic hydroxyl groups excluding tert-OH is 1. The Morgan fingerprint density at radius 3 is 2.43 bits per heavy atom. The fraction of sp³-hybridized carbons (Fsp3) is 0.208. The van der Waals surface area contributed by atoms with Crippen LogP contribution in [0.5, 0.6) is 11.5 Å². The molecule has 1 amide bonds. The molecule has 0 unspecified atom stereocenters. The van der Waals surface area contributed by atoms with Crippen LogP contribution in [-0.2, 0) is 9.53 Å². The Morgan fingerprint density at radius 2 is 1.83 bits per heavy atom. The monoisotopic (exact) mass is 498 g/mol. The second kappa shape index (κ2) is 10.9. The van der Waals surface area contributed by atoms with Gasteiger partial charge in [-0.2, -0.15) is 0 Å². The highest BCUT2D eigenvalue weighted by Crippen LogP contribution is 2.42. The summed E-state index contributed by atoms with van der Waals surface area (Å²) in [6, 6.07) is 9.36. The number of esters is 1. The number of carbonyl (C=O) groups is 2. The minimum atomic E-state index is -0.876. The van der Waals surface area contributed by atoms with Gasteiger partial charge in [0, 0.05) is 5.56 Å². The van der Waals surface area contributed by atoms with Crippen LogP contribution in [-0.4, -0.2) is 47.8 Å². The molecule has 1 heterocycles. The van der Waals surface area contributed by atoms with Crippen molar-refractivity contribution in [3.05, 3.63) is 79.4 Å². The molecule has 11 heteroatoms. The summed E-state index contributed by atoms with van der Waals surface area (Å²) in [6.45, 7) is 3.37. The molecule has 3 rings (SSSR count). The fourth-order valence-electron chi connectivity index (χ4n) is 3.26. The number of hydrogen-bond acceptors (Lipinski definition) is 9. The van der Waals surface area contributed by atoms with Crippen molar-refractivity contribution in [1.82, 2.24) is 0 Å². The van der Waals surface area contributed by atoms with Crippen LogP contribution in [0.25, 0.3) is 6.08 Å². The normalized spacial score (nSPS) is 15.4. The number of thioether (sulfide) groups is 1. The lowest BCUT2D eigenvalue weighted by Gasteiger charge is -2.09. The number of aliphatic imine (C=N–C) groups is 1. The average Bonchev–Trinajstić information content (AvgIpc) is 3.13. The standard InChI is InChI=1S/C24H22N2O8S/c1-5-34-24(29)20-21(27)19(35-23(20)25-22(28)15-9-7-6-8-13(15)2)11-14-10-17(32-3)18(33-4)12-16(14)26(30)31/h6-12,27H,5H2,1-4H3/b19-11-,25-23?. The Labute approximate surface area is 205 Å². The number of nitro benzene ring substituents is 1. The van der Waals surface area contributed by atoms with Gasteiger partial charge in [0.25, 0.3) is 11.6 Å². The van der Waals surface area contributed by atoms with E-state index in [4.69, 9.17) is 14.2 Å². The van der Waals surface area contributed by atoms with E-state index in [0.29, 0.717) is 11.1 Å². The molecule has 2 aromatic rings. The molecule has 0 bridgehead atoms. The molecule has 0 saturated heterocycles. The third-order valence-corrected chi connectivity index (χ3v) is 5.98. The minimum Gasteiger partial charge on any atom is -0.506 e. The third kappa shape index (κ3) is 5.35. The van der Waals surface area contributed by atoms with Crippen LogP contribution in [0.2, 0.25) is 0 Å². The van der Waals surface area contributed by atoms with Crippen LogP contribution in [0.3, 0.4) is 0 Å². The predicted molar refractivity (Wildman–Crippen MR) is 131 cm³/mol. The number of aliphatic hydroxyl groups is 1. The number of rotatable bonds is 7. The maximum absolute atomic E-state index is 12.8. The second-order valence-corrected chi connectivity index (χ2v) is 8.15. The Kier molecular flexibility index (Phi) is 7.92. The lowest BCUT2D eigenvalue weighted by molar-refractivity contribution is -0.385. The third-order valence-electron chi connectivity index (χ3n) is 4.96. The van der Waals surface area contributed by atoms with Crippen molar-refractivity contribution in [1.29, 1.82) is 0 Å². The van der Waals surface area contributed by atoms with Crippen molar-refractivity contribution < 1.29 is 33.8 Å². The zero-order chi connectivity index (χ0) is 25.7. The van der Waals surface area contributed by atoms with E-state index in [-0.39, 0.29) is 44.9 Å². The largest absolute Gasteiger partial charge is 0.506 e. The smallest absolute Gasteiger partial charge is 0.344 e. The average molecular weight is 499 g/mol. The van der Waals surface area contributed by atoms with E-state index in [1.807, 2.05) is 0 Å². The molecule has 0 aliphatic carbocycles. The summed E-state index contributed by atoms with van der Waals surface area (Å²) in [6.07, 6.45) is 1.31. The molecule has 1 aliphatic heterocycles. The molecule has 0 aromatic heterocycles. The van der Waals surface area contributed by atoms with Gasteiger partial charge in [0.2, 0.25) is 0 Å². The zero-order valence-corrected chi connectivity index (χ0v) is 20.2. The Hall–Kier alpha value is -4.12. The van der Waals surface area contributed by atoms with Gasteiger partial charge < -0.3 is 19.3 Å². The molecule has 0 saturated carbocycles. The maximum atomic E-state index is 12.8. The maximum Gasteiger partial charge on any atom is 0.344 e. The number of nitrogens with zero attached hydrogens (tertiary/aromatic N) is 2. The molecule has 1 N–H and O–H groups in total. The molecule has 2 aromatic carbocycles. The number of benzene rings is 2. The number of nitro groups is 1. The van der Waals surface area contributed by atoms with Gasteiger partial charge in [-0.3, -0.25) is 14.9 Å². The number of methoxy groups -OCH3 is 2. The van der Waals surface area contributed by atoms with Gasteiger partial charge in [0.05, 0.1) is 42.3 Å². The molecule has 182 valence electrons. The molecular weight excluding hydrogens is 476 g/mol. The first-order valence-electron chi connectivity index (χ1n) is 10.3. The van der Waals surface area contributed by atoms with Gasteiger partial charge in [-0.1, -0.05) is 30.0 Å². The fourth-order valence-corrected chi connectivity index (χ4v) is 4.26. The quantitative estimate of drug-likeness (QED) is 0.329. The molecule has 0 atom stereocenters. The summed E-state index contributed by atoms with van der Waals surface area (Å²) in [4.78, 5) is 40.6.